The zero-order valence-corrected chi connectivity index (χ0v) is 7.79. The first kappa shape index (κ1) is 9.03. The summed E-state index contributed by atoms with van der Waals surface area (Å²) in [7, 11) is 1.66. The van der Waals surface area contributed by atoms with Crippen molar-refractivity contribution in [3.8, 4) is 0 Å². The quantitative estimate of drug-likeness (QED) is 0.661. The number of urea groups is 1. The normalized spacial score (nSPS) is 24.1. The molecule has 0 radical (unpaired) electrons. The molecule has 1 rings (SSSR count). The summed E-state index contributed by atoms with van der Waals surface area (Å²) < 4.78 is 0. The van der Waals surface area contributed by atoms with E-state index in [0.717, 1.165) is 6.42 Å². The third-order valence-electron chi connectivity index (χ3n) is 2.31. The number of amidine groups is 1. The van der Waals surface area contributed by atoms with Crippen molar-refractivity contribution in [2.45, 2.75) is 26.3 Å². The second-order valence-corrected chi connectivity index (χ2v) is 2.94. The van der Waals surface area contributed by atoms with Gasteiger partial charge in [-0.2, -0.15) is 0 Å². The fourth-order valence-electron chi connectivity index (χ4n) is 1.57. The van der Waals surface area contributed by atoms with Crippen LogP contribution in [0.3, 0.4) is 0 Å². The van der Waals surface area contributed by atoms with E-state index in [0.29, 0.717) is 12.4 Å². The van der Waals surface area contributed by atoms with E-state index in [9.17, 15) is 4.79 Å². The SMILES string of the molecule is CCC1C(=N)N(C)C(=O)N1CC. The summed E-state index contributed by atoms with van der Waals surface area (Å²) in [6.45, 7) is 4.62. The second kappa shape index (κ2) is 3.13. The van der Waals surface area contributed by atoms with Gasteiger partial charge in [-0.15, -0.1) is 0 Å². The van der Waals surface area contributed by atoms with E-state index < -0.39 is 0 Å². The van der Waals surface area contributed by atoms with E-state index in [2.05, 4.69) is 0 Å². The number of nitrogens with one attached hydrogen (secondary N) is 1. The summed E-state index contributed by atoms with van der Waals surface area (Å²) >= 11 is 0. The Morgan fingerprint density at radius 2 is 2.08 bits per heavy atom. The standard InChI is InChI=1S/C8H15N3O/c1-4-6-7(9)10(3)8(12)11(6)5-2/h6,9H,4-5H2,1-3H3. The molecule has 1 unspecified atom stereocenters. The number of hydrogen-bond acceptors (Lipinski definition) is 2. The predicted molar refractivity (Wildman–Crippen MR) is 47.3 cm³/mol. The van der Waals surface area contributed by atoms with Crippen LogP contribution in [0.4, 0.5) is 4.79 Å². The van der Waals surface area contributed by atoms with Crippen LogP contribution in [0, 0.1) is 5.41 Å². The largest absolute Gasteiger partial charge is 0.325 e. The number of likely N-dealkylation sites (N-methyl/N-ethyl adjacent to an activating group) is 2. The molecule has 0 bridgehead atoms. The molecule has 12 heavy (non-hydrogen) atoms. The van der Waals surface area contributed by atoms with E-state index in [1.165, 1.54) is 4.90 Å². The molecule has 0 aromatic rings. The molecule has 0 spiro atoms. The number of hydrogen-bond donors (Lipinski definition) is 1. The van der Waals surface area contributed by atoms with Gasteiger partial charge in [0.25, 0.3) is 0 Å². The molecule has 1 fully saturated rings. The fraction of sp³-hybridized carbons (Fsp3) is 0.750. The van der Waals surface area contributed by atoms with Gasteiger partial charge in [-0.3, -0.25) is 10.3 Å². The zero-order valence-electron chi connectivity index (χ0n) is 7.79. The first-order valence-corrected chi connectivity index (χ1v) is 4.26. The number of nitrogens with zero attached hydrogens (tertiary/aromatic N) is 2. The lowest BCUT2D eigenvalue weighted by Gasteiger charge is -2.18. The minimum Gasteiger partial charge on any atom is -0.314 e. The molecule has 0 aromatic heterocycles. The number of rotatable bonds is 2. The highest BCUT2D eigenvalue weighted by molar-refractivity contribution is 6.05. The minimum absolute atomic E-state index is 0.00694. The van der Waals surface area contributed by atoms with Crippen LogP contribution in [-0.4, -0.2) is 41.3 Å². The van der Waals surface area contributed by atoms with Crippen LogP contribution in [0.2, 0.25) is 0 Å². The molecule has 4 nitrogen and oxygen atoms in total. The Bertz CT molecular complexity index is 192. The van der Waals surface area contributed by atoms with Crippen LogP contribution in [0.1, 0.15) is 20.3 Å². The van der Waals surface area contributed by atoms with Crippen molar-refractivity contribution in [1.29, 1.82) is 5.41 Å². The summed E-state index contributed by atoms with van der Waals surface area (Å²) in [4.78, 5) is 14.6. The predicted octanol–water partition coefficient (Wildman–Crippen LogP) is 1.13. The molecule has 1 atom stereocenters. The summed E-state index contributed by atoms with van der Waals surface area (Å²) in [5.74, 6) is 0.421. The van der Waals surface area contributed by atoms with E-state index in [4.69, 9.17) is 5.41 Å². The van der Waals surface area contributed by atoms with Crippen LogP contribution < -0.4 is 0 Å². The van der Waals surface area contributed by atoms with Gasteiger partial charge in [0.2, 0.25) is 0 Å². The number of amides is 2. The Balaban J connectivity index is 2.87. The molecule has 1 N–H and O–H groups in total. The Morgan fingerprint density at radius 1 is 1.50 bits per heavy atom. The highest BCUT2D eigenvalue weighted by Crippen LogP contribution is 2.17. The first-order valence-electron chi connectivity index (χ1n) is 4.26. The van der Waals surface area contributed by atoms with Gasteiger partial charge < -0.3 is 4.90 Å². The van der Waals surface area contributed by atoms with Crippen molar-refractivity contribution in [1.82, 2.24) is 9.80 Å². The molecular formula is C8H15N3O. The molecule has 0 saturated carbocycles. The summed E-state index contributed by atoms with van der Waals surface area (Å²) in [6.07, 6.45) is 0.822. The van der Waals surface area contributed by atoms with Crippen LogP contribution in [0.15, 0.2) is 0 Å². The van der Waals surface area contributed by atoms with E-state index >= 15 is 0 Å². The fourth-order valence-corrected chi connectivity index (χ4v) is 1.57. The van der Waals surface area contributed by atoms with Crippen molar-refractivity contribution >= 4 is 11.9 Å². The van der Waals surface area contributed by atoms with Crippen molar-refractivity contribution < 1.29 is 4.79 Å². The topological polar surface area (TPSA) is 47.4 Å². The maximum absolute atomic E-state index is 11.4. The smallest absolute Gasteiger partial charge is 0.314 e. The van der Waals surface area contributed by atoms with Gasteiger partial charge in [0.1, 0.15) is 5.84 Å². The third kappa shape index (κ3) is 1.07. The molecular weight excluding hydrogens is 154 g/mol. The maximum atomic E-state index is 11.4. The second-order valence-electron chi connectivity index (χ2n) is 2.94. The lowest BCUT2D eigenvalue weighted by Crippen LogP contribution is -2.34. The highest BCUT2D eigenvalue weighted by Gasteiger charge is 2.37. The van der Waals surface area contributed by atoms with E-state index in [1.807, 2.05) is 13.8 Å². The van der Waals surface area contributed by atoms with Gasteiger partial charge in [0, 0.05) is 13.6 Å². The summed E-state index contributed by atoms with van der Waals surface area (Å²) in [6, 6.07) is -0.0538. The minimum atomic E-state index is -0.0469. The Labute approximate surface area is 72.7 Å². The van der Waals surface area contributed by atoms with Gasteiger partial charge in [-0.05, 0) is 13.3 Å². The van der Waals surface area contributed by atoms with Crippen LogP contribution in [0.5, 0.6) is 0 Å². The summed E-state index contributed by atoms with van der Waals surface area (Å²) in [5.41, 5.74) is 0. The third-order valence-corrected chi connectivity index (χ3v) is 2.31. The van der Waals surface area contributed by atoms with Gasteiger partial charge in [-0.25, -0.2) is 4.79 Å². The average Bonchev–Trinajstić information content (AvgIpc) is 2.29. The Kier molecular flexibility index (Phi) is 2.35. The molecule has 0 aliphatic carbocycles. The number of carbonyl (C=O) groups excluding carboxylic acids is 1. The van der Waals surface area contributed by atoms with Gasteiger partial charge in [-0.1, -0.05) is 6.92 Å². The maximum Gasteiger partial charge on any atom is 0.325 e. The van der Waals surface area contributed by atoms with E-state index in [1.54, 1.807) is 11.9 Å². The van der Waals surface area contributed by atoms with Gasteiger partial charge in [0.15, 0.2) is 0 Å². The molecule has 68 valence electrons. The van der Waals surface area contributed by atoms with Crippen molar-refractivity contribution in [2.75, 3.05) is 13.6 Å². The molecule has 0 aromatic carbocycles. The van der Waals surface area contributed by atoms with Gasteiger partial charge in [0.05, 0.1) is 6.04 Å². The lowest BCUT2D eigenvalue weighted by atomic mass is 10.2. The number of carbonyl (C=O) groups is 1. The van der Waals surface area contributed by atoms with Crippen LogP contribution >= 0.6 is 0 Å². The summed E-state index contributed by atoms with van der Waals surface area (Å²) in [5, 5.41) is 7.64. The monoisotopic (exact) mass is 169 g/mol. The van der Waals surface area contributed by atoms with Crippen molar-refractivity contribution in [2.24, 2.45) is 0 Å². The Hall–Kier alpha value is -1.06. The molecule has 1 aliphatic rings. The zero-order chi connectivity index (χ0) is 9.30. The van der Waals surface area contributed by atoms with Crippen molar-refractivity contribution in [3.05, 3.63) is 0 Å². The highest BCUT2D eigenvalue weighted by atomic mass is 16.2. The van der Waals surface area contributed by atoms with Crippen LogP contribution in [0.25, 0.3) is 0 Å². The molecule has 1 aliphatic heterocycles. The molecule has 4 heteroatoms. The Morgan fingerprint density at radius 3 is 2.42 bits per heavy atom. The van der Waals surface area contributed by atoms with E-state index in [-0.39, 0.29) is 12.1 Å². The molecule has 1 saturated heterocycles. The lowest BCUT2D eigenvalue weighted by molar-refractivity contribution is 0.193. The molecule has 2 amide bonds. The average molecular weight is 169 g/mol. The van der Waals surface area contributed by atoms with Crippen molar-refractivity contribution in [3.63, 3.8) is 0 Å². The molecule has 1 heterocycles. The first-order chi connectivity index (χ1) is 5.63. The van der Waals surface area contributed by atoms with Gasteiger partial charge >= 0.3 is 6.03 Å². The van der Waals surface area contributed by atoms with Crippen LogP contribution in [-0.2, 0) is 0 Å².